The van der Waals surface area contributed by atoms with Crippen molar-refractivity contribution in [2.24, 2.45) is 5.73 Å². The van der Waals surface area contributed by atoms with Gasteiger partial charge in [-0.1, -0.05) is 18.2 Å². The maximum absolute atomic E-state index is 12.6. The van der Waals surface area contributed by atoms with E-state index in [-0.39, 0.29) is 29.4 Å². The Hall–Kier alpha value is -2.93. The van der Waals surface area contributed by atoms with Gasteiger partial charge in [-0.05, 0) is 29.7 Å². The summed E-state index contributed by atoms with van der Waals surface area (Å²) in [6.45, 7) is 0.607. The topological polar surface area (TPSA) is 113 Å². The van der Waals surface area contributed by atoms with E-state index < -0.39 is 18.0 Å². The van der Waals surface area contributed by atoms with Crippen LogP contribution in [0.25, 0.3) is 0 Å². The molecule has 0 bridgehead atoms. The molecule has 25 heavy (non-hydrogen) atoms. The highest BCUT2D eigenvalue weighted by Gasteiger charge is 2.43. The predicted molar refractivity (Wildman–Crippen MR) is 88.3 cm³/mol. The van der Waals surface area contributed by atoms with Crippen LogP contribution in [0.15, 0.2) is 47.2 Å². The molecule has 2 aliphatic heterocycles. The van der Waals surface area contributed by atoms with Gasteiger partial charge < -0.3 is 21.1 Å². The van der Waals surface area contributed by atoms with Gasteiger partial charge in [0.15, 0.2) is 5.78 Å². The van der Waals surface area contributed by atoms with E-state index >= 15 is 0 Å². The fourth-order valence-electron chi connectivity index (χ4n) is 3.70. The van der Waals surface area contributed by atoms with E-state index in [0.717, 1.165) is 17.6 Å². The molecule has 1 aromatic carbocycles. The molecule has 1 aliphatic carbocycles. The number of aromatic carboxylic acids is 1. The number of hydrogen-bond donors (Lipinski definition) is 3. The maximum Gasteiger partial charge on any atom is 0.335 e. The van der Waals surface area contributed by atoms with Gasteiger partial charge in [0, 0.05) is 19.0 Å². The standard InChI is InChI=1S/C18H17N3O4/c19-12-7-8-21-15-11(12)5-6-13(22)14(15)17(23)20-16(21)9-1-3-10(4-2-9)18(24)25/h1-5,12,16H,6-8,19H2,(H,20,23)(H,24,25). The lowest BCUT2D eigenvalue weighted by atomic mass is 9.83. The van der Waals surface area contributed by atoms with E-state index in [1.165, 1.54) is 12.1 Å². The van der Waals surface area contributed by atoms with Crippen LogP contribution in [-0.2, 0) is 9.59 Å². The zero-order valence-corrected chi connectivity index (χ0v) is 13.4. The number of hydrogen-bond acceptors (Lipinski definition) is 5. The number of carbonyl (C=O) groups excluding carboxylic acids is 2. The van der Waals surface area contributed by atoms with Crippen LogP contribution >= 0.6 is 0 Å². The third-order valence-corrected chi connectivity index (χ3v) is 4.94. The van der Waals surface area contributed by atoms with Gasteiger partial charge in [-0.25, -0.2) is 4.79 Å². The van der Waals surface area contributed by atoms with E-state index in [1.807, 2.05) is 11.0 Å². The number of allylic oxidation sites excluding steroid dienone is 1. The summed E-state index contributed by atoms with van der Waals surface area (Å²) in [4.78, 5) is 37.8. The zero-order chi connectivity index (χ0) is 17.7. The third kappa shape index (κ3) is 2.35. The molecule has 0 radical (unpaired) electrons. The molecule has 2 atom stereocenters. The minimum atomic E-state index is -1.00. The molecule has 1 aromatic rings. The number of ketones is 1. The second-order valence-corrected chi connectivity index (χ2v) is 6.40. The molecule has 0 spiro atoms. The Labute approximate surface area is 143 Å². The smallest absolute Gasteiger partial charge is 0.335 e. The van der Waals surface area contributed by atoms with Crippen molar-refractivity contribution < 1.29 is 19.5 Å². The Bertz CT molecular complexity index is 854. The van der Waals surface area contributed by atoms with Crippen LogP contribution in [0.2, 0.25) is 0 Å². The van der Waals surface area contributed by atoms with Crippen molar-refractivity contribution in [1.82, 2.24) is 10.2 Å². The quantitative estimate of drug-likeness (QED) is 0.684. The lowest BCUT2D eigenvalue weighted by Crippen LogP contribution is -2.54. The first-order chi connectivity index (χ1) is 12.0. The number of Topliss-reactive ketones (excluding diaryl/α,β-unsaturated/α-hetero) is 1. The van der Waals surface area contributed by atoms with E-state index in [9.17, 15) is 14.4 Å². The molecule has 3 aliphatic rings. The minimum absolute atomic E-state index is 0.180. The normalized spacial score (nSPS) is 25.3. The number of rotatable bonds is 2. The van der Waals surface area contributed by atoms with Crippen molar-refractivity contribution >= 4 is 17.7 Å². The summed E-state index contributed by atoms with van der Waals surface area (Å²) in [5.74, 6) is -1.60. The minimum Gasteiger partial charge on any atom is -0.478 e. The highest BCUT2D eigenvalue weighted by atomic mass is 16.4. The van der Waals surface area contributed by atoms with E-state index in [2.05, 4.69) is 5.32 Å². The van der Waals surface area contributed by atoms with Crippen molar-refractivity contribution in [3.05, 3.63) is 58.3 Å². The first-order valence-corrected chi connectivity index (χ1v) is 8.11. The first kappa shape index (κ1) is 15.6. The van der Waals surface area contributed by atoms with Crippen LogP contribution < -0.4 is 11.1 Å². The molecule has 2 heterocycles. The van der Waals surface area contributed by atoms with Gasteiger partial charge in [-0.3, -0.25) is 9.59 Å². The number of carboxylic acids is 1. The number of carbonyl (C=O) groups is 3. The molecule has 4 N–H and O–H groups in total. The summed E-state index contributed by atoms with van der Waals surface area (Å²) in [6.07, 6.45) is 2.29. The summed E-state index contributed by atoms with van der Waals surface area (Å²) in [5, 5.41) is 11.9. The summed E-state index contributed by atoms with van der Waals surface area (Å²) in [7, 11) is 0. The zero-order valence-electron chi connectivity index (χ0n) is 13.4. The van der Waals surface area contributed by atoms with E-state index in [1.54, 1.807) is 12.1 Å². The Morgan fingerprint density at radius 3 is 2.64 bits per heavy atom. The van der Waals surface area contributed by atoms with Gasteiger partial charge in [0.1, 0.15) is 11.7 Å². The fourth-order valence-corrected chi connectivity index (χ4v) is 3.70. The van der Waals surface area contributed by atoms with Crippen molar-refractivity contribution in [2.75, 3.05) is 6.54 Å². The summed E-state index contributed by atoms with van der Waals surface area (Å²) < 4.78 is 0. The Balaban J connectivity index is 1.78. The van der Waals surface area contributed by atoms with Gasteiger partial charge in [0.2, 0.25) is 0 Å². The van der Waals surface area contributed by atoms with Crippen molar-refractivity contribution in [3.8, 4) is 0 Å². The van der Waals surface area contributed by atoms with Gasteiger partial charge in [-0.15, -0.1) is 0 Å². The number of nitrogens with two attached hydrogens (primary N) is 1. The summed E-state index contributed by atoms with van der Waals surface area (Å²) in [6, 6.07) is 6.19. The number of amides is 1. The largest absolute Gasteiger partial charge is 0.478 e. The highest BCUT2D eigenvalue weighted by Crippen LogP contribution is 2.40. The van der Waals surface area contributed by atoms with Gasteiger partial charge in [0.05, 0.1) is 11.3 Å². The van der Waals surface area contributed by atoms with Crippen LogP contribution in [0, 0.1) is 0 Å². The second-order valence-electron chi connectivity index (χ2n) is 6.40. The molecule has 1 fully saturated rings. The van der Waals surface area contributed by atoms with Crippen LogP contribution in [0.3, 0.4) is 0 Å². The van der Waals surface area contributed by atoms with Gasteiger partial charge in [0.25, 0.3) is 5.91 Å². The molecular formula is C18H17N3O4. The van der Waals surface area contributed by atoms with Crippen LogP contribution in [-0.4, -0.2) is 40.3 Å². The van der Waals surface area contributed by atoms with Crippen molar-refractivity contribution in [3.63, 3.8) is 0 Å². The molecule has 1 amide bonds. The van der Waals surface area contributed by atoms with Crippen molar-refractivity contribution in [1.29, 1.82) is 0 Å². The highest BCUT2D eigenvalue weighted by molar-refractivity contribution is 6.22. The fraction of sp³-hybridized carbons (Fsp3) is 0.278. The van der Waals surface area contributed by atoms with Crippen LogP contribution in [0.5, 0.6) is 0 Å². The number of nitrogens with one attached hydrogen (secondary N) is 1. The lowest BCUT2D eigenvalue weighted by molar-refractivity contribution is -0.125. The average molecular weight is 339 g/mol. The number of benzene rings is 1. The molecule has 1 saturated heterocycles. The van der Waals surface area contributed by atoms with Crippen LogP contribution in [0.4, 0.5) is 0 Å². The predicted octanol–water partition coefficient (Wildman–Crippen LogP) is 0.699. The molecule has 4 rings (SSSR count). The monoisotopic (exact) mass is 339 g/mol. The molecule has 0 aromatic heterocycles. The van der Waals surface area contributed by atoms with Crippen LogP contribution in [0.1, 0.15) is 34.9 Å². The average Bonchev–Trinajstić information content (AvgIpc) is 2.60. The molecule has 7 heteroatoms. The SMILES string of the molecule is NC1CCN2C3=C(C(=O)CC=C31)C(=O)NC2c1ccc(C(=O)O)cc1. The first-order valence-electron chi connectivity index (χ1n) is 8.11. The van der Waals surface area contributed by atoms with Gasteiger partial charge in [-0.2, -0.15) is 0 Å². The Morgan fingerprint density at radius 1 is 1.24 bits per heavy atom. The number of piperidine rings is 1. The summed E-state index contributed by atoms with van der Waals surface area (Å²) >= 11 is 0. The van der Waals surface area contributed by atoms with Crippen molar-refractivity contribution in [2.45, 2.75) is 25.0 Å². The molecule has 7 nitrogen and oxygen atoms in total. The molecule has 0 saturated carbocycles. The number of nitrogens with zero attached hydrogens (tertiary/aromatic N) is 1. The third-order valence-electron chi connectivity index (χ3n) is 4.94. The van der Waals surface area contributed by atoms with E-state index in [0.29, 0.717) is 12.2 Å². The number of carboxylic acid groups (broad SMARTS) is 1. The second kappa shape index (κ2) is 5.56. The molecule has 2 unspecified atom stereocenters. The van der Waals surface area contributed by atoms with Gasteiger partial charge >= 0.3 is 5.97 Å². The van der Waals surface area contributed by atoms with E-state index in [4.69, 9.17) is 10.8 Å². The Morgan fingerprint density at radius 2 is 1.96 bits per heavy atom. The molecule has 128 valence electrons. The lowest BCUT2D eigenvalue weighted by Gasteiger charge is -2.46. The Kier molecular flexibility index (Phi) is 3.47. The molecular weight excluding hydrogens is 322 g/mol. The summed E-state index contributed by atoms with van der Waals surface area (Å²) in [5.41, 5.74) is 8.79. The maximum atomic E-state index is 12.6.